The molecule has 3 rings (SSSR count). The first-order valence-electron chi connectivity index (χ1n) is 6.19. The average Bonchev–Trinajstić information content (AvgIpc) is 2.44. The van der Waals surface area contributed by atoms with Crippen LogP contribution in [0.15, 0.2) is 29.1 Å². The van der Waals surface area contributed by atoms with Gasteiger partial charge in [-0.2, -0.15) is 0 Å². The number of aromatic nitrogens is 2. The fourth-order valence-corrected chi connectivity index (χ4v) is 2.35. The van der Waals surface area contributed by atoms with E-state index in [4.69, 9.17) is 0 Å². The minimum absolute atomic E-state index is 0.0180. The topological polar surface area (TPSA) is 50.2 Å². The molecule has 1 aliphatic rings. The lowest BCUT2D eigenvalue weighted by Crippen LogP contribution is -2.46. The van der Waals surface area contributed by atoms with E-state index < -0.39 is 0 Å². The molecule has 1 fully saturated rings. The molecule has 1 N–H and O–H groups in total. The summed E-state index contributed by atoms with van der Waals surface area (Å²) < 4.78 is 1.68. The molecule has 5 heteroatoms. The number of rotatable bonds is 1. The standard InChI is InChI=1S/C13H16N4O/c1-16-11-5-3-2-4-10(11)15-12(13(16)18)17-8-6-14-7-9-17/h2-5,14H,6-9H2,1H3. The highest BCUT2D eigenvalue weighted by Crippen LogP contribution is 2.13. The van der Waals surface area contributed by atoms with E-state index in [0.717, 1.165) is 37.2 Å². The van der Waals surface area contributed by atoms with Gasteiger partial charge in [0.05, 0.1) is 11.0 Å². The van der Waals surface area contributed by atoms with Crippen LogP contribution in [-0.2, 0) is 7.05 Å². The summed E-state index contributed by atoms with van der Waals surface area (Å²) in [6, 6.07) is 7.74. The Morgan fingerprint density at radius 3 is 2.72 bits per heavy atom. The number of nitrogens with one attached hydrogen (secondary N) is 1. The van der Waals surface area contributed by atoms with Gasteiger partial charge in [0.1, 0.15) is 0 Å². The van der Waals surface area contributed by atoms with E-state index in [9.17, 15) is 4.79 Å². The lowest BCUT2D eigenvalue weighted by molar-refractivity contribution is 0.582. The largest absolute Gasteiger partial charge is 0.349 e. The molecule has 0 unspecified atom stereocenters. The van der Waals surface area contributed by atoms with Crippen molar-refractivity contribution in [2.45, 2.75) is 0 Å². The molecule has 0 aliphatic carbocycles. The van der Waals surface area contributed by atoms with E-state index in [1.54, 1.807) is 11.6 Å². The van der Waals surface area contributed by atoms with Gasteiger partial charge in [0.2, 0.25) is 0 Å². The number of piperazine rings is 1. The predicted octanol–water partition coefficient (Wildman–Crippen LogP) is 0.343. The van der Waals surface area contributed by atoms with Gasteiger partial charge in [-0.25, -0.2) is 4.98 Å². The van der Waals surface area contributed by atoms with Crippen LogP contribution < -0.4 is 15.8 Å². The summed E-state index contributed by atoms with van der Waals surface area (Å²) in [5.74, 6) is 0.567. The van der Waals surface area contributed by atoms with Crippen LogP contribution in [0.5, 0.6) is 0 Å². The molecule has 2 heterocycles. The predicted molar refractivity (Wildman–Crippen MR) is 72.1 cm³/mol. The molecule has 0 spiro atoms. The fourth-order valence-electron chi connectivity index (χ4n) is 2.35. The van der Waals surface area contributed by atoms with Crippen LogP contribution in [0.2, 0.25) is 0 Å². The van der Waals surface area contributed by atoms with E-state index in [-0.39, 0.29) is 5.56 Å². The minimum atomic E-state index is -0.0180. The summed E-state index contributed by atoms with van der Waals surface area (Å²) in [6.07, 6.45) is 0. The highest BCUT2D eigenvalue weighted by atomic mass is 16.1. The molecule has 1 saturated heterocycles. The van der Waals surface area contributed by atoms with Crippen LogP contribution in [0, 0.1) is 0 Å². The first-order chi connectivity index (χ1) is 8.77. The van der Waals surface area contributed by atoms with E-state index in [1.807, 2.05) is 24.3 Å². The first kappa shape index (κ1) is 11.2. The third kappa shape index (κ3) is 1.76. The minimum Gasteiger partial charge on any atom is -0.349 e. The molecule has 0 radical (unpaired) electrons. The Kier molecular flexibility index (Phi) is 2.76. The molecule has 2 aromatic rings. The SMILES string of the molecule is Cn1c(=O)c(N2CCNCC2)nc2ccccc21. The Labute approximate surface area is 105 Å². The number of nitrogens with zero attached hydrogens (tertiary/aromatic N) is 3. The van der Waals surface area contributed by atoms with Gasteiger partial charge < -0.3 is 14.8 Å². The molecule has 18 heavy (non-hydrogen) atoms. The Morgan fingerprint density at radius 1 is 1.22 bits per heavy atom. The van der Waals surface area contributed by atoms with Gasteiger partial charge in [-0.1, -0.05) is 12.1 Å². The smallest absolute Gasteiger partial charge is 0.293 e. The zero-order chi connectivity index (χ0) is 12.5. The van der Waals surface area contributed by atoms with Crippen molar-refractivity contribution in [1.82, 2.24) is 14.9 Å². The van der Waals surface area contributed by atoms with Gasteiger partial charge in [0, 0.05) is 33.2 Å². The molecule has 1 aromatic carbocycles. The molecule has 1 aliphatic heterocycles. The third-order valence-electron chi connectivity index (χ3n) is 3.38. The second-order valence-electron chi connectivity index (χ2n) is 4.53. The van der Waals surface area contributed by atoms with Crippen LogP contribution >= 0.6 is 0 Å². The Bertz CT molecular complexity index is 628. The molecule has 0 amide bonds. The van der Waals surface area contributed by atoms with Gasteiger partial charge in [-0.15, -0.1) is 0 Å². The molecular formula is C13H16N4O. The van der Waals surface area contributed by atoms with Crippen molar-refractivity contribution in [1.29, 1.82) is 0 Å². The summed E-state index contributed by atoms with van der Waals surface area (Å²) in [6.45, 7) is 3.47. The van der Waals surface area contributed by atoms with Crippen molar-refractivity contribution >= 4 is 16.9 Å². The summed E-state index contributed by atoms with van der Waals surface area (Å²) in [7, 11) is 1.80. The summed E-state index contributed by atoms with van der Waals surface area (Å²) in [4.78, 5) is 18.9. The summed E-state index contributed by atoms with van der Waals surface area (Å²) in [5, 5.41) is 3.28. The van der Waals surface area contributed by atoms with Crippen LogP contribution in [-0.4, -0.2) is 35.7 Å². The van der Waals surface area contributed by atoms with Gasteiger partial charge in [0.15, 0.2) is 5.82 Å². The summed E-state index contributed by atoms with van der Waals surface area (Å²) in [5.41, 5.74) is 1.73. The van der Waals surface area contributed by atoms with Crippen molar-refractivity contribution in [3.8, 4) is 0 Å². The lowest BCUT2D eigenvalue weighted by atomic mass is 10.3. The van der Waals surface area contributed by atoms with Gasteiger partial charge >= 0.3 is 0 Å². The maximum Gasteiger partial charge on any atom is 0.293 e. The van der Waals surface area contributed by atoms with Crippen molar-refractivity contribution < 1.29 is 0 Å². The normalized spacial score (nSPS) is 16.2. The summed E-state index contributed by atoms with van der Waals surface area (Å²) >= 11 is 0. The van der Waals surface area contributed by atoms with Crippen LogP contribution in [0.25, 0.3) is 11.0 Å². The number of anilines is 1. The zero-order valence-electron chi connectivity index (χ0n) is 10.4. The van der Waals surface area contributed by atoms with Gasteiger partial charge in [0.25, 0.3) is 5.56 Å². The molecule has 0 bridgehead atoms. The second-order valence-corrected chi connectivity index (χ2v) is 4.53. The number of fused-ring (bicyclic) bond motifs is 1. The van der Waals surface area contributed by atoms with Crippen molar-refractivity contribution in [3.05, 3.63) is 34.6 Å². The van der Waals surface area contributed by atoms with Crippen molar-refractivity contribution in [3.63, 3.8) is 0 Å². The Balaban J connectivity index is 2.17. The van der Waals surface area contributed by atoms with E-state index >= 15 is 0 Å². The average molecular weight is 244 g/mol. The third-order valence-corrected chi connectivity index (χ3v) is 3.38. The maximum atomic E-state index is 12.3. The Morgan fingerprint density at radius 2 is 1.94 bits per heavy atom. The quantitative estimate of drug-likeness (QED) is 0.786. The molecular weight excluding hydrogens is 228 g/mol. The van der Waals surface area contributed by atoms with Gasteiger partial charge in [-0.3, -0.25) is 4.79 Å². The lowest BCUT2D eigenvalue weighted by Gasteiger charge is -2.28. The van der Waals surface area contributed by atoms with Crippen LogP contribution in [0.4, 0.5) is 5.82 Å². The van der Waals surface area contributed by atoms with Crippen molar-refractivity contribution in [2.24, 2.45) is 7.05 Å². The molecule has 5 nitrogen and oxygen atoms in total. The highest BCUT2D eigenvalue weighted by molar-refractivity contribution is 5.76. The van der Waals surface area contributed by atoms with E-state index in [1.165, 1.54) is 0 Å². The molecule has 1 aromatic heterocycles. The first-order valence-corrected chi connectivity index (χ1v) is 6.19. The number of aryl methyl sites for hydroxylation is 1. The number of benzene rings is 1. The van der Waals surface area contributed by atoms with E-state index in [2.05, 4.69) is 15.2 Å². The van der Waals surface area contributed by atoms with E-state index in [0.29, 0.717) is 5.82 Å². The highest BCUT2D eigenvalue weighted by Gasteiger charge is 2.17. The fraction of sp³-hybridized carbons (Fsp3) is 0.385. The van der Waals surface area contributed by atoms with Crippen LogP contribution in [0.1, 0.15) is 0 Å². The maximum absolute atomic E-state index is 12.3. The second kappa shape index (κ2) is 4.42. The molecule has 94 valence electrons. The van der Waals surface area contributed by atoms with Crippen LogP contribution in [0.3, 0.4) is 0 Å². The number of hydrogen-bond acceptors (Lipinski definition) is 4. The number of para-hydroxylation sites is 2. The van der Waals surface area contributed by atoms with Gasteiger partial charge in [-0.05, 0) is 12.1 Å². The molecule has 0 saturated carbocycles. The number of hydrogen-bond donors (Lipinski definition) is 1. The monoisotopic (exact) mass is 244 g/mol. The zero-order valence-corrected chi connectivity index (χ0v) is 10.4. The Hall–Kier alpha value is -1.88. The molecule has 0 atom stereocenters. The van der Waals surface area contributed by atoms with Crippen molar-refractivity contribution in [2.75, 3.05) is 31.1 Å².